The Hall–Kier alpha value is -2.71. The topological polar surface area (TPSA) is 74.1 Å². The van der Waals surface area contributed by atoms with E-state index in [1.807, 2.05) is 13.2 Å². The normalized spacial score (nSPS) is 15.5. The Kier molecular flexibility index (Phi) is 6.99. The predicted molar refractivity (Wildman–Crippen MR) is 127 cm³/mol. The fourth-order valence-electron chi connectivity index (χ4n) is 4.03. The van der Waals surface area contributed by atoms with Crippen molar-refractivity contribution < 1.29 is 0 Å². The van der Waals surface area contributed by atoms with Crippen molar-refractivity contribution in [1.29, 1.82) is 0 Å². The van der Waals surface area contributed by atoms with Gasteiger partial charge >= 0.3 is 0 Å². The summed E-state index contributed by atoms with van der Waals surface area (Å²) in [6.07, 6.45) is 4.13. The molecule has 1 aliphatic heterocycles. The zero-order chi connectivity index (χ0) is 21.6. The van der Waals surface area contributed by atoms with Crippen LogP contribution >= 0.6 is 0 Å². The summed E-state index contributed by atoms with van der Waals surface area (Å²) in [5.41, 5.74) is 3.05. The van der Waals surface area contributed by atoms with Gasteiger partial charge in [0, 0.05) is 45.5 Å². The van der Waals surface area contributed by atoms with Crippen molar-refractivity contribution in [3.63, 3.8) is 0 Å². The van der Waals surface area contributed by atoms with Crippen LogP contribution in [0.5, 0.6) is 0 Å². The highest BCUT2D eigenvalue weighted by molar-refractivity contribution is 5.89. The van der Waals surface area contributed by atoms with E-state index in [1.54, 1.807) is 4.68 Å². The van der Waals surface area contributed by atoms with Crippen molar-refractivity contribution in [3.05, 3.63) is 36.0 Å². The maximum absolute atomic E-state index is 4.74. The van der Waals surface area contributed by atoms with Crippen molar-refractivity contribution in [3.8, 4) is 0 Å². The van der Waals surface area contributed by atoms with Crippen LogP contribution in [0.3, 0.4) is 0 Å². The molecule has 0 amide bonds. The van der Waals surface area contributed by atoms with Crippen LogP contribution in [-0.2, 0) is 7.05 Å². The molecule has 1 saturated heterocycles. The Balaban J connectivity index is 1.35. The molecule has 166 valence electrons. The fraction of sp³-hybridized carbons (Fsp3) is 0.522. The summed E-state index contributed by atoms with van der Waals surface area (Å²) in [4.78, 5) is 14.5. The third-order valence-electron chi connectivity index (χ3n) is 5.85. The molecule has 8 heteroatoms. The summed E-state index contributed by atoms with van der Waals surface area (Å²) in [7, 11) is 1.91. The number of fused-ring (bicyclic) bond motifs is 1. The van der Waals surface area contributed by atoms with Gasteiger partial charge in [-0.3, -0.25) is 4.68 Å². The molecule has 0 unspecified atom stereocenters. The van der Waals surface area contributed by atoms with Crippen LogP contribution in [0.2, 0.25) is 0 Å². The molecule has 31 heavy (non-hydrogen) atoms. The molecule has 3 aromatic rings. The fourth-order valence-corrected chi connectivity index (χ4v) is 4.03. The van der Waals surface area contributed by atoms with Crippen LogP contribution in [0.25, 0.3) is 11.0 Å². The van der Waals surface area contributed by atoms with E-state index in [-0.39, 0.29) is 0 Å². The second-order valence-electron chi connectivity index (χ2n) is 8.36. The SMILES string of the molecule is CCCN1CCN(CCCNc2nc(Nc3ccc(C)cc3)c3cnn(C)c3n2)CC1. The largest absolute Gasteiger partial charge is 0.354 e. The number of anilines is 3. The smallest absolute Gasteiger partial charge is 0.226 e. The van der Waals surface area contributed by atoms with Gasteiger partial charge in [0.15, 0.2) is 5.65 Å². The lowest BCUT2D eigenvalue weighted by Gasteiger charge is -2.34. The van der Waals surface area contributed by atoms with Crippen LogP contribution in [-0.4, -0.2) is 75.4 Å². The first-order chi connectivity index (χ1) is 15.1. The van der Waals surface area contributed by atoms with Crippen LogP contribution in [0, 0.1) is 6.92 Å². The Morgan fingerprint density at radius 2 is 1.68 bits per heavy atom. The summed E-state index contributed by atoms with van der Waals surface area (Å²) in [6.45, 7) is 12.2. The van der Waals surface area contributed by atoms with Gasteiger partial charge in [0.2, 0.25) is 5.95 Å². The third kappa shape index (κ3) is 5.51. The first kappa shape index (κ1) is 21.5. The van der Waals surface area contributed by atoms with Crippen molar-refractivity contribution in [2.45, 2.75) is 26.7 Å². The average molecular weight is 423 g/mol. The lowest BCUT2D eigenvalue weighted by atomic mass is 10.2. The van der Waals surface area contributed by atoms with E-state index in [9.17, 15) is 0 Å². The van der Waals surface area contributed by atoms with Gasteiger partial charge in [-0.15, -0.1) is 0 Å². The zero-order valence-corrected chi connectivity index (χ0v) is 18.9. The van der Waals surface area contributed by atoms with Gasteiger partial charge in [0.1, 0.15) is 5.82 Å². The minimum atomic E-state index is 0.637. The van der Waals surface area contributed by atoms with Crippen LogP contribution in [0.15, 0.2) is 30.5 Å². The highest BCUT2D eigenvalue weighted by Gasteiger charge is 2.16. The number of rotatable bonds is 9. The van der Waals surface area contributed by atoms with E-state index in [2.05, 4.69) is 68.6 Å². The summed E-state index contributed by atoms with van der Waals surface area (Å²) in [5, 5.41) is 12.1. The van der Waals surface area contributed by atoms with Crippen molar-refractivity contribution >= 4 is 28.5 Å². The van der Waals surface area contributed by atoms with Gasteiger partial charge in [-0.25, -0.2) is 0 Å². The number of piperazine rings is 1. The lowest BCUT2D eigenvalue weighted by Crippen LogP contribution is -2.46. The van der Waals surface area contributed by atoms with E-state index in [0.29, 0.717) is 5.95 Å². The first-order valence-corrected chi connectivity index (χ1v) is 11.3. The summed E-state index contributed by atoms with van der Waals surface area (Å²) < 4.78 is 1.79. The standard InChI is InChI=1S/C23H34N8/c1-4-11-30-13-15-31(16-14-30)12-5-10-24-23-27-21(20-17-25-29(3)22(20)28-23)26-19-8-6-18(2)7-9-19/h6-9,17H,4-5,10-16H2,1-3H3,(H2,24,26,27,28). The molecule has 3 heterocycles. The Morgan fingerprint density at radius 3 is 2.39 bits per heavy atom. The van der Waals surface area contributed by atoms with Gasteiger partial charge in [0.05, 0.1) is 11.6 Å². The van der Waals surface area contributed by atoms with Gasteiger partial charge in [-0.2, -0.15) is 15.1 Å². The second kappa shape index (κ2) is 10.1. The molecule has 0 atom stereocenters. The molecule has 2 N–H and O–H groups in total. The van der Waals surface area contributed by atoms with Crippen LogP contribution in [0.4, 0.5) is 17.5 Å². The van der Waals surface area contributed by atoms with E-state index < -0.39 is 0 Å². The van der Waals surface area contributed by atoms with Crippen molar-refractivity contribution in [2.75, 3.05) is 56.4 Å². The molecule has 2 aromatic heterocycles. The number of aryl methyl sites for hydroxylation is 2. The van der Waals surface area contributed by atoms with Crippen molar-refractivity contribution in [2.24, 2.45) is 7.05 Å². The third-order valence-corrected chi connectivity index (χ3v) is 5.85. The molecule has 4 rings (SSSR count). The molecular weight excluding hydrogens is 388 g/mol. The minimum Gasteiger partial charge on any atom is -0.354 e. The maximum atomic E-state index is 4.74. The van der Waals surface area contributed by atoms with Crippen LogP contribution < -0.4 is 10.6 Å². The number of nitrogens with zero attached hydrogens (tertiary/aromatic N) is 6. The average Bonchev–Trinajstić information content (AvgIpc) is 3.15. The molecule has 0 spiro atoms. The number of hydrogen-bond donors (Lipinski definition) is 2. The highest BCUT2D eigenvalue weighted by atomic mass is 15.3. The van der Waals surface area contributed by atoms with E-state index in [1.165, 1.54) is 44.7 Å². The van der Waals surface area contributed by atoms with Gasteiger partial charge in [0.25, 0.3) is 0 Å². The monoisotopic (exact) mass is 422 g/mol. The number of hydrogen-bond acceptors (Lipinski definition) is 7. The summed E-state index contributed by atoms with van der Waals surface area (Å²) in [6, 6.07) is 8.30. The van der Waals surface area contributed by atoms with E-state index in [4.69, 9.17) is 4.98 Å². The first-order valence-electron chi connectivity index (χ1n) is 11.3. The van der Waals surface area contributed by atoms with Crippen molar-refractivity contribution in [1.82, 2.24) is 29.5 Å². The molecule has 8 nitrogen and oxygen atoms in total. The van der Waals surface area contributed by atoms with Gasteiger partial charge in [-0.1, -0.05) is 24.6 Å². The Morgan fingerprint density at radius 1 is 0.968 bits per heavy atom. The highest BCUT2D eigenvalue weighted by Crippen LogP contribution is 2.25. The van der Waals surface area contributed by atoms with Crippen LogP contribution in [0.1, 0.15) is 25.3 Å². The maximum Gasteiger partial charge on any atom is 0.226 e. The molecule has 1 aliphatic rings. The second-order valence-corrected chi connectivity index (χ2v) is 8.36. The van der Waals surface area contributed by atoms with E-state index >= 15 is 0 Å². The quantitative estimate of drug-likeness (QED) is 0.513. The summed E-state index contributed by atoms with van der Waals surface area (Å²) in [5.74, 6) is 1.41. The van der Waals surface area contributed by atoms with E-state index in [0.717, 1.165) is 42.0 Å². The molecule has 0 radical (unpaired) electrons. The van der Waals surface area contributed by atoms with Gasteiger partial charge < -0.3 is 20.4 Å². The summed E-state index contributed by atoms with van der Waals surface area (Å²) >= 11 is 0. The molecule has 0 saturated carbocycles. The lowest BCUT2D eigenvalue weighted by molar-refractivity contribution is 0.132. The molecule has 1 fully saturated rings. The molecular formula is C23H34N8. The number of benzene rings is 1. The zero-order valence-electron chi connectivity index (χ0n) is 18.9. The Bertz CT molecular complexity index is 973. The minimum absolute atomic E-state index is 0.637. The Labute approximate surface area is 184 Å². The van der Waals surface area contributed by atoms with Gasteiger partial charge in [-0.05, 0) is 45.0 Å². The number of nitrogens with one attached hydrogen (secondary N) is 2. The predicted octanol–water partition coefficient (Wildman–Crippen LogP) is 3.24. The molecule has 1 aromatic carbocycles. The molecule has 0 aliphatic carbocycles. The molecule has 0 bridgehead atoms. The number of aromatic nitrogens is 4.